The van der Waals surface area contributed by atoms with E-state index in [1.54, 1.807) is 0 Å². The monoisotopic (exact) mass is 371 g/mol. The highest BCUT2D eigenvalue weighted by molar-refractivity contribution is 6.30. The molecule has 1 unspecified atom stereocenters. The Morgan fingerprint density at radius 1 is 1.23 bits per heavy atom. The van der Waals surface area contributed by atoms with Gasteiger partial charge in [-0.15, -0.1) is 0 Å². The Hall–Kier alpha value is -2.00. The summed E-state index contributed by atoms with van der Waals surface area (Å²) in [6, 6.07) is 16.3. The first kappa shape index (κ1) is 18.8. The summed E-state index contributed by atoms with van der Waals surface area (Å²) in [4.78, 5) is 10.8. The number of hydrogen-bond acceptors (Lipinski definition) is 2. The lowest BCUT2D eigenvalue weighted by molar-refractivity contribution is -0.119. The first-order valence-corrected chi connectivity index (χ1v) is 9.65. The van der Waals surface area contributed by atoms with Gasteiger partial charge in [0.15, 0.2) is 6.61 Å². The smallest absolute Gasteiger partial charge is 0.255 e. The summed E-state index contributed by atoms with van der Waals surface area (Å²) in [6.07, 6.45) is 4.94. The molecule has 0 heterocycles. The zero-order valence-electron chi connectivity index (χ0n) is 15.2. The highest BCUT2D eigenvalue weighted by Gasteiger charge is 2.27. The predicted octanol–water partition coefficient (Wildman–Crippen LogP) is 5.28. The Morgan fingerprint density at radius 2 is 2.00 bits per heavy atom. The van der Waals surface area contributed by atoms with Gasteiger partial charge in [0.2, 0.25) is 0 Å². The van der Waals surface area contributed by atoms with Crippen LogP contribution < -0.4 is 10.5 Å². The van der Waals surface area contributed by atoms with Gasteiger partial charge in [-0.05, 0) is 78.8 Å². The zero-order valence-corrected chi connectivity index (χ0v) is 15.9. The molecule has 0 aliphatic heterocycles. The molecule has 3 rings (SSSR count). The Morgan fingerprint density at radius 3 is 2.69 bits per heavy atom. The van der Waals surface area contributed by atoms with E-state index in [1.807, 2.05) is 24.3 Å². The van der Waals surface area contributed by atoms with Crippen molar-refractivity contribution in [3.05, 3.63) is 64.7 Å². The van der Waals surface area contributed by atoms with Gasteiger partial charge in [0, 0.05) is 5.02 Å². The van der Waals surface area contributed by atoms with Gasteiger partial charge in [-0.2, -0.15) is 0 Å². The quantitative estimate of drug-likeness (QED) is 0.719. The highest BCUT2D eigenvalue weighted by Crippen LogP contribution is 2.42. The lowest BCUT2D eigenvalue weighted by Crippen LogP contribution is -2.19. The summed E-state index contributed by atoms with van der Waals surface area (Å²) in [6.45, 7) is 2.22. The number of hydrogen-bond donors (Lipinski definition) is 1. The second-order valence-electron chi connectivity index (χ2n) is 7.39. The summed E-state index contributed by atoms with van der Waals surface area (Å²) in [5, 5.41) is 0.817. The minimum atomic E-state index is -0.457. The lowest BCUT2D eigenvalue weighted by atomic mass is 9.88. The van der Waals surface area contributed by atoms with E-state index in [2.05, 4.69) is 31.2 Å². The maximum absolute atomic E-state index is 10.8. The summed E-state index contributed by atoms with van der Waals surface area (Å²) in [5.74, 6) is 2.12. The van der Waals surface area contributed by atoms with E-state index in [0.29, 0.717) is 17.6 Å². The number of rotatable bonds is 7. The Labute approximate surface area is 160 Å². The van der Waals surface area contributed by atoms with E-state index in [0.717, 1.165) is 10.9 Å². The molecule has 2 aromatic carbocycles. The molecule has 3 atom stereocenters. The fourth-order valence-electron chi connectivity index (χ4n) is 4.03. The molecule has 1 fully saturated rings. The third-order valence-corrected chi connectivity index (χ3v) is 5.61. The molecule has 0 saturated heterocycles. The standard InChI is InChI=1S/C22H26ClNO2/c1-15(18-3-2-4-20(23)13-18)11-16-5-6-19(12-16)17-7-9-21(10-8-17)26-14-22(24)25/h2-4,7-10,13,15-16,19H,5-6,11-12,14H2,1H3,(H2,24,25)/t15-,16?,19+/m0/s1. The second-order valence-corrected chi connectivity index (χ2v) is 7.83. The van der Waals surface area contributed by atoms with Crippen molar-refractivity contribution in [2.24, 2.45) is 11.7 Å². The zero-order chi connectivity index (χ0) is 18.5. The number of halogens is 1. The van der Waals surface area contributed by atoms with E-state index >= 15 is 0 Å². The van der Waals surface area contributed by atoms with Gasteiger partial charge in [-0.1, -0.05) is 42.8 Å². The fourth-order valence-corrected chi connectivity index (χ4v) is 4.23. The normalized spacial score (nSPS) is 20.7. The van der Waals surface area contributed by atoms with Crippen LogP contribution in [0.15, 0.2) is 48.5 Å². The largest absolute Gasteiger partial charge is 0.484 e. The minimum absolute atomic E-state index is 0.0771. The highest BCUT2D eigenvalue weighted by atomic mass is 35.5. The number of ether oxygens (including phenoxy) is 1. The Bertz CT molecular complexity index is 744. The maximum Gasteiger partial charge on any atom is 0.255 e. The van der Waals surface area contributed by atoms with Crippen LogP contribution in [0.25, 0.3) is 0 Å². The van der Waals surface area contributed by atoms with Crippen LogP contribution in [-0.4, -0.2) is 12.5 Å². The molecule has 0 aromatic heterocycles. The van der Waals surface area contributed by atoms with E-state index < -0.39 is 5.91 Å². The number of amides is 1. The van der Waals surface area contributed by atoms with Crippen LogP contribution >= 0.6 is 11.6 Å². The predicted molar refractivity (Wildman–Crippen MR) is 106 cm³/mol. The van der Waals surface area contributed by atoms with Crippen molar-refractivity contribution in [1.29, 1.82) is 0 Å². The van der Waals surface area contributed by atoms with Crippen LogP contribution in [0.5, 0.6) is 5.75 Å². The minimum Gasteiger partial charge on any atom is -0.484 e. The molecular weight excluding hydrogens is 346 g/mol. The summed E-state index contributed by atoms with van der Waals surface area (Å²) in [5.41, 5.74) is 7.79. The van der Waals surface area contributed by atoms with Gasteiger partial charge in [0.05, 0.1) is 0 Å². The third-order valence-electron chi connectivity index (χ3n) is 5.38. The SMILES string of the molecule is C[C@@H](CC1CC[C@@H](c2ccc(OCC(N)=O)cc2)C1)c1cccc(Cl)c1. The third kappa shape index (κ3) is 5.01. The average molecular weight is 372 g/mol. The molecule has 4 heteroatoms. The molecule has 2 N–H and O–H groups in total. The molecule has 0 spiro atoms. The molecule has 0 radical (unpaired) electrons. The fraction of sp³-hybridized carbons (Fsp3) is 0.409. The number of benzene rings is 2. The number of carbonyl (C=O) groups is 1. The van der Waals surface area contributed by atoms with Crippen molar-refractivity contribution in [2.45, 2.75) is 44.4 Å². The lowest BCUT2D eigenvalue weighted by Gasteiger charge is -2.18. The topological polar surface area (TPSA) is 52.3 Å². The molecule has 1 aliphatic rings. The number of primary amides is 1. The molecule has 2 aromatic rings. The second kappa shape index (κ2) is 8.59. The molecule has 1 aliphatic carbocycles. The Balaban J connectivity index is 1.54. The van der Waals surface area contributed by atoms with Crippen molar-refractivity contribution >= 4 is 17.5 Å². The van der Waals surface area contributed by atoms with Gasteiger partial charge >= 0.3 is 0 Å². The van der Waals surface area contributed by atoms with Gasteiger partial charge in [0.1, 0.15) is 5.75 Å². The van der Waals surface area contributed by atoms with E-state index in [-0.39, 0.29) is 6.61 Å². The first-order valence-electron chi connectivity index (χ1n) is 9.28. The van der Waals surface area contributed by atoms with Crippen LogP contribution in [0.2, 0.25) is 5.02 Å². The van der Waals surface area contributed by atoms with Crippen molar-refractivity contribution in [2.75, 3.05) is 6.61 Å². The number of nitrogens with two attached hydrogens (primary N) is 1. The van der Waals surface area contributed by atoms with Crippen molar-refractivity contribution in [3.8, 4) is 5.75 Å². The van der Waals surface area contributed by atoms with Crippen LogP contribution in [-0.2, 0) is 4.79 Å². The average Bonchev–Trinajstić information content (AvgIpc) is 3.09. The molecule has 26 heavy (non-hydrogen) atoms. The molecule has 1 saturated carbocycles. The van der Waals surface area contributed by atoms with Crippen molar-refractivity contribution < 1.29 is 9.53 Å². The number of carbonyl (C=O) groups excluding carboxylic acids is 1. The van der Waals surface area contributed by atoms with E-state index in [9.17, 15) is 4.79 Å². The summed E-state index contributed by atoms with van der Waals surface area (Å²) < 4.78 is 5.33. The van der Waals surface area contributed by atoms with Crippen LogP contribution in [0, 0.1) is 5.92 Å². The summed E-state index contributed by atoms with van der Waals surface area (Å²) in [7, 11) is 0. The molecule has 1 amide bonds. The van der Waals surface area contributed by atoms with Gasteiger partial charge in [-0.3, -0.25) is 4.79 Å². The van der Waals surface area contributed by atoms with Gasteiger partial charge in [-0.25, -0.2) is 0 Å². The first-order chi connectivity index (χ1) is 12.5. The van der Waals surface area contributed by atoms with Gasteiger partial charge < -0.3 is 10.5 Å². The molecule has 3 nitrogen and oxygen atoms in total. The molecular formula is C22H26ClNO2. The van der Waals surface area contributed by atoms with E-state index in [1.165, 1.54) is 36.8 Å². The molecule has 0 bridgehead atoms. The maximum atomic E-state index is 10.8. The van der Waals surface area contributed by atoms with Crippen molar-refractivity contribution in [3.63, 3.8) is 0 Å². The van der Waals surface area contributed by atoms with E-state index in [4.69, 9.17) is 22.1 Å². The van der Waals surface area contributed by atoms with Crippen LogP contribution in [0.1, 0.15) is 55.6 Å². The summed E-state index contributed by atoms with van der Waals surface area (Å²) >= 11 is 6.13. The van der Waals surface area contributed by atoms with Crippen LogP contribution in [0.4, 0.5) is 0 Å². The van der Waals surface area contributed by atoms with Crippen LogP contribution in [0.3, 0.4) is 0 Å². The Kier molecular flexibility index (Phi) is 6.20. The van der Waals surface area contributed by atoms with Crippen molar-refractivity contribution in [1.82, 2.24) is 0 Å². The molecule has 138 valence electrons. The van der Waals surface area contributed by atoms with Gasteiger partial charge in [0.25, 0.3) is 5.91 Å².